The topological polar surface area (TPSA) is 90.4 Å². The van der Waals surface area contributed by atoms with E-state index in [2.05, 4.69) is 27.4 Å². The van der Waals surface area contributed by atoms with E-state index < -0.39 is 5.97 Å². The number of anilines is 1. The fraction of sp³-hybridized carbons (Fsp3) is 0.381. The van der Waals surface area contributed by atoms with Crippen LogP contribution >= 0.6 is 11.3 Å². The van der Waals surface area contributed by atoms with Crippen molar-refractivity contribution in [1.82, 2.24) is 20.2 Å². The van der Waals surface area contributed by atoms with Crippen LogP contribution in [0.25, 0.3) is 20.7 Å². The summed E-state index contributed by atoms with van der Waals surface area (Å²) in [6.07, 6.45) is 1.82. The highest BCUT2D eigenvalue weighted by atomic mass is 32.1. The molecule has 4 rings (SSSR count). The van der Waals surface area contributed by atoms with Crippen molar-refractivity contribution in [3.63, 3.8) is 0 Å². The first kappa shape index (κ1) is 19.8. The summed E-state index contributed by atoms with van der Waals surface area (Å²) in [7, 11) is 0. The number of nitrogens with one attached hydrogen (secondary N) is 2. The number of hydrogen-bond acceptors (Lipinski definition) is 7. The number of piperazine rings is 1. The molecular formula is C21H25N5O2S. The van der Waals surface area contributed by atoms with Crippen molar-refractivity contribution in [3.05, 3.63) is 41.6 Å². The van der Waals surface area contributed by atoms with Crippen LogP contribution in [0.15, 0.2) is 30.5 Å². The minimum absolute atomic E-state index is 0.320. The molecule has 1 fully saturated rings. The monoisotopic (exact) mass is 411 g/mol. The number of carbonyl (C=O) groups is 1. The van der Waals surface area contributed by atoms with E-state index >= 15 is 0 Å². The summed E-state index contributed by atoms with van der Waals surface area (Å²) < 4.78 is 0.945. The van der Waals surface area contributed by atoms with E-state index in [0.29, 0.717) is 17.6 Å². The predicted octanol–water partition coefficient (Wildman–Crippen LogP) is 3.07. The summed E-state index contributed by atoms with van der Waals surface area (Å²) >= 11 is 1.56. The van der Waals surface area contributed by atoms with Crippen molar-refractivity contribution in [2.75, 3.05) is 38.0 Å². The fourth-order valence-corrected chi connectivity index (χ4v) is 4.81. The summed E-state index contributed by atoms with van der Waals surface area (Å²) in [5, 5.41) is 16.9. The molecule has 0 amide bonds. The van der Waals surface area contributed by atoms with Gasteiger partial charge in [-0.1, -0.05) is 6.07 Å². The van der Waals surface area contributed by atoms with E-state index in [1.165, 1.54) is 0 Å². The Morgan fingerprint density at radius 1 is 1.45 bits per heavy atom. The number of aromatic nitrogens is 2. The maximum atomic E-state index is 11.5. The second-order valence-electron chi connectivity index (χ2n) is 7.37. The molecule has 2 aromatic heterocycles. The second-order valence-corrected chi connectivity index (χ2v) is 8.46. The number of rotatable bonds is 6. The summed E-state index contributed by atoms with van der Waals surface area (Å²) in [6.45, 7) is 9.04. The molecule has 3 heterocycles. The molecule has 8 heteroatoms. The van der Waals surface area contributed by atoms with Gasteiger partial charge in [0.1, 0.15) is 0 Å². The minimum atomic E-state index is -0.913. The lowest BCUT2D eigenvalue weighted by molar-refractivity contribution is 0.0699. The van der Waals surface area contributed by atoms with E-state index in [-0.39, 0.29) is 0 Å². The third-order valence-electron chi connectivity index (χ3n) is 5.32. The van der Waals surface area contributed by atoms with E-state index in [1.54, 1.807) is 23.5 Å². The van der Waals surface area contributed by atoms with Crippen molar-refractivity contribution in [2.24, 2.45) is 0 Å². The van der Waals surface area contributed by atoms with Crippen molar-refractivity contribution >= 4 is 33.3 Å². The molecule has 3 N–H and O–H groups in total. The van der Waals surface area contributed by atoms with Gasteiger partial charge in [0.15, 0.2) is 0 Å². The Balaban J connectivity index is 1.53. The van der Waals surface area contributed by atoms with Gasteiger partial charge in [-0.3, -0.25) is 4.90 Å². The Morgan fingerprint density at radius 3 is 3.10 bits per heavy atom. The fourth-order valence-electron chi connectivity index (χ4n) is 3.67. The predicted molar refractivity (Wildman–Crippen MR) is 117 cm³/mol. The van der Waals surface area contributed by atoms with E-state index in [9.17, 15) is 9.90 Å². The van der Waals surface area contributed by atoms with E-state index in [0.717, 1.165) is 58.9 Å². The zero-order valence-electron chi connectivity index (χ0n) is 16.6. The molecule has 29 heavy (non-hydrogen) atoms. The average molecular weight is 412 g/mol. The van der Waals surface area contributed by atoms with Gasteiger partial charge in [0.05, 0.1) is 16.1 Å². The Kier molecular flexibility index (Phi) is 5.75. The van der Waals surface area contributed by atoms with Gasteiger partial charge >= 0.3 is 5.97 Å². The number of carboxylic acids is 1. The number of aryl methyl sites for hydroxylation is 1. The number of fused-ring (bicyclic) bond motifs is 1. The Bertz CT molecular complexity index is 1040. The molecule has 0 unspecified atom stereocenters. The van der Waals surface area contributed by atoms with E-state index in [4.69, 9.17) is 4.98 Å². The molecule has 0 aliphatic carbocycles. The highest BCUT2D eigenvalue weighted by Crippen LogP contribution is 2.35. The Hall–Kier alpha value is -2.55. The molecule has 0 saturated carbocycles. The molecular weight excluding hydrogens is 386 g/mol. The molecule has 3 aromatic rings. The normalized spacial score (nSPS) is 17.5. The molecule has 0 radical (unpaired) electrons. The minimum Gasteiger partial charge on any atom is -0.478 e. The average Bonchev–Trinajstić information content (AvgIpc) is 3.14. The third kappa shape index (κ3) is 4.24. The zero-order chi connectivity index (χ0) is 20.4. The van der Waals surface area contributed by atoms with Gasteiger partial charge in [0, 0.05) is 55.0 Å². The maximum absolute atomic E-state index is 11.5. The summed E-state index contributed by atoms with van der Waals surface area (Å²) in [6, 6.07) is 7.81. The van der Waals surface area contributed by atoms with Crippen LogP contribution in [0.1, 0.15) is 22.8 Å². The standard InChI is InChI=1S/C21H25N5O2S/c1-13-11-24-21(23-7-9-26-8-6-22-12-14(26)2)25-19(13)18-10-16-15(20(27)28)4-3-5-17(16)29-18/h3-5,10-11,14,22H,6-9,12H2,1-2H3,(H,27,28)(H,23,24,25)/t14-/m1/s1. The van der Waals surface area contributed by atoms with Gasteiger partial charge in [0.2, 0.25) is 5.95 Å². The molecule has 7 nitrogen and oxygen atoms in total. The summed E-state index contributed by atoms with van der Waals surface area (Å²) in [4.78, 5) is 24.1. The lowest BCUT2D eigenvalue weighted by Gasteiger charge is -2.33. The quantitative estimate of drug-likeness (QED) is 0.574. The maximum Gasteiger partial charge on any atom is 0.336 e. The van der Waals surface area contributed by atoms with Gasteiger partial charge in [-0.25, -0.2) is 14.8 Å². The van der Waals surface area contributed by atoms with Gasteiger partial charge in [0.25, 0.3) is 0 Å². The van der Waals surface area contributed by atoms with Gasteiger partial charge in [-0.2, -0.15) is 0 Å². The first-order chi connectivity index (χ1) is 14.0. The van der Waals surface area contributed by atoms with Gasteiger partial charge in [-0.05, 0) is 37.6 Å². The van der Waals surface area contributed by atoms with Crippen molar-refractivity contribution in [1.29, 1.82) is 0 Å². The molecule has 1 saturated heterocycles. The highest BCUT2D eigenvalue weighted by Gasteiger charge is 2.18. The number of nitrogens with zero attached hydrogens (tertiary/aromatic N) is 3. The lowest BCUT2D eigenvalue weighted by Crippen LogP contribution is -2.50. The van der Waals surface area contributed by atoms with Crippen LogP contribution in [0.5, 0.6) is 0 Å². The molecule has 152 valence electrons. The van der Waals surface area contributed by atoms with Crippen molar-refractivity contribution in [3.8, 4) is 10.6 Å². The number of hydrogen-bond donors (Lipinski definition) is 3. The Morgan fingerprint density at radius 2 is 2.31 bits per heavy atom. The van der Waals surface area contributed by atoms with Crippen LogP contribution in [0, 0.1) is 6.92 Å². The summed E-state index contributed by atoms with van der Waals surface area (Å²) in [5.74, 6) is -0.312. The van der Waals surface area contributed by atoms with Crippen LogP contribution in [0.3, 0.4) is 0 Å². The van der Waals surface area contributed by atoms with Crippen LogP contribution in [0.4, 0.5) is 5.95 Å². The lowest BCUT2D eigenvalue weighted by atomic mass is 10.1. The highest BCUT2D eigenvalue weighted by molar-refractivity contribution is 7.22. The first-order valence-corrected chi connectivity index (χ1v) is 10.6. The number of carboxylic acid groups (broad SMARTS) is 1. The van der Waals surface area contributed by atoms with Crippen LogP contribution in [-0.2, 0) is 0 Å². The van der Waals surface area contributed by atoms with Gasteiger partial charge < -0.3 is 15.7 Å². The van der Waals surface area contributed by atoms with Crippen LogP contribution in [-0.4, -0.2) is 64.7 Å². The molecule has 0 spiro atoms. The van der Waals surface area contributed by atoms with Crippen molar-refractivity contribution in [2.45, 2.75) is 19.9 Å². The largest absolute Gasteiger partial charge is 0.478 e. The SMILES string of the molecule is Cc1cnc(NCCN2CCNC[C@H]2C)nc1-c1cc2c(C(=O)O)cccc2s1. The number of aromatic carboxylic acids is 1. The first-order valence-electron chi connectivity index (χ1n) is 9.81. The van der Waals surface area contributed by atoms with E-state index in [1.807, 2.05) is 25.3 Å². The third-order valence-corrected chi connectivity index (χ3v) is 6.43. The molecule has 1 aromatic carbocycles. The molecule has 1 atom stereocenters. The summed E-state index contributed by atoms with van der Waals surface area (Å²) in [5.41, 5.74) is 2.13. The molecule has 1 aliphatic rings. The zero-order valence-corrected chi connectivity index (χ0v) is 17.4. The van der Waals surface area contributed by atoms with Gasteiger partial charge in [-0.15, -0.1) is 11.3 Å². The number of thiophene rings is 1. The second kappa shape index (κ2) is 8.44. The van der Waals surface area contributed by atoms with Crippen molar-refractivity contribution < 1.29 is 9.90 Å². The molecule has 0 bridgehead atoms. The smallest absolute Gasteiger partial charge is 0.336 e. The molecule has 1 aliphatic heterocycles. The van der Waals surface area contributed by atoms with Crippen LogP contribution < -0.4 is 10.6 Å². The van der Waals surface area contributed by atoms with Crippen LogP contribution in [0.2, 0.25) is 0 Å². The number of benzene rings is 1. The Labute approximate surface area is 173 Å².